The number of rotatable bonds is 2. The maximum absolute atomic E-state index is 3.52. The van der Waals surface area contributed by atoms with Crippen LogP contribution in [0.2, 0.25) is 0 Å². The van der Waals surface area contributed by atoms with Gasteiger partial charge in [-0.05, 0) is 49.1 Å². The summed E-state index contributed by atoms with van der Waals surface area (Å²) in [6.45, 7) is 16.0. The van der Waals surface area contributed by atoms with Crippen molar-refractivity contribution in [1.29, 1.82) is 0 Å². The zero-order chi connectivity index (χ0) is 12.5. The van der Waals surface area contributed by atoms with Gasteiger partial charge in [-0.1, -0.05) is 27.7 Å². The van der Waals surface area contributed by atoms with Gasteiger partial charge in [0.2, 0.25) is 0 Å². The van der Waals surface area contributed by atoms with Crippen molar-refractivity contribution in [2.24, 2.45) is 16.7 Å². The molecule has 0 aliphatic carbocycles. The molecule has 0 radical (unpaired) electrons. The fourth-order valence-corrected chi connectivity index (χ4v) is 3.45. The van der Waals surface area contributed by atoms with E-state index in [2.05, 4.69) is 37.9 Å². The van der Waals surface area contributed by atoms with E-state index in [1.54, 1.807) is 0 Å². The molecule has 0 aromatic carbocycles. The maximum atomic E-state index is 3.52. The molecule has 0 amide bonds. The lowest BCUT2D eigenvalue weighted by Crippen LogP contribution is -2.45. The lowest BCUT2D eigenvalue weighted by Gasteiger charge is -2.42. The second-order valence-electron chi connectivity index (χ2n) is 7.68. The summed E-state index contributed by atoms with van der Waals surface area (Å²) in [5, 5.41) is 3.52. The minimum Gasteiger partial charge on any atom is -0.316 e. The molecule has 100 valence electrons. The Morgan fingerprint density at radius 3 is 2.71 bits per heavy atom. The Hall–Kier alpha value is -0.0800. The van der Waals surface area contributed by atoms with E-state index in [9.17, 15) is 0 Å². The highest BCUT2D eigenvalue weighted by Crippen LogP contribution is 2.35. The van der Waals surface area contributed by atoms with Crippen LogP contribution in [0.25, 0.3) is 0 Å². The number of hydrogen-bond donors (Lipinski definition) is 1. The van der Waals surface area contributed by atoms with Crippen LogP contribution in [-0.4, -0.2) is 37.6 Å². The minimum absolute atomic E-state index is 0.480. The molecule has 0 spiro atoms. The third-order valence-corrected chi connectivity index (χ3v) is 4.79. The topological polar surface area (TPSA) is 15.3 Å². The first kappa shape index (κ1) is 13.4. The van der Waals surface area contributed by atoms with Crippen LogP contribution in [-0.2, 0) is 0 Å². The molecule has 2 heterocycles. The highest BCUT2D eigenvalue weighted by Gasteiger charge is 2.34. The molecule has 0 aromatic heterocycles. The van der Waals surface area contributed by atoms with Crippen molar-refractivity contribution in [2.45, 2.75) is 47.0 Å². The summed E-state index contributed by atoms with van der Waals surface area (Å²) in [4.78, 5) is 2.73. The van der Waals surface area contributed by atoms with E-state index >= 15 is 0 Å². The van der Waals surface area contributed by atoms with E-state index < -0.39 is 0 Å². The van der Waals surface area contributed by atoms with Gasteiger partial charge in [-0.3, -0.25) is 0 Å². The van der Waals surface area contributed by atoms with Gasteiger partial charge in [-0.15, -0.1) is 0 Å². The normalized spacial score (nSPS) is 36.4. The number of nitrogens with one attached hydrogen (secondary N) is 1. The molecule has 2 unspecified atom stereocenters. The molecule has 2 aliphatic rings. The van der Waals surface area contributed by atoms with Crippen molar-refractivity contribution >= 4 is 0 Å². The number of piperidine rings is 1. The number of hydrogen-bond acceptors (Lipinski definition) is 2. The van der Waals surface area contributed by atoms with Crippen LogP contribution in [0.1, 0.15) is 47.0 Å². The van der Waals surface area contributed by atoms with E-state index in [1.165, 1.54) is 52.0 Å². The van der Waals surface area contributed by atoms with Gasteiger partial charge in [-0.2, -0.15) is 0 Å². The monoisotopic (exact) mass is 238 g/mol. The molecule has 2 rings (SSSR count). The molecule has 17 heavy (non-hydrogen) atoms. The largest absolute Gasteiger partial charge is 0.316 e. The predicted octanol–water partition coefficient (Wildman–Crippen LogP) is 2.74. The first-order valence-electron chi connectivity index (χ1n) is 7.32. The van der Waals surface area contributed by atoms with Crippen molar-refractivity contribution in [2.75, 3.05) is 32.7 Å². The van der Waals surface area contributed by atoms with Crippen molar-refractivity contribution in [3.05, 3.63) is 0 Å². The Labute approximate surface area is 107 Å². The lowest BCUT2D eigenvalue weighted by molar-refractivity contribution is 0.0713. The molecule has 2 atom stereocenters. The van der Waals surface area contributed by atoms with E-state index in [-0.39, 0.29) is 0 Å². The molecule has 2 fully saturated rings. The molecule has 0 aromatic rings. The summed E-state index contributed by atoms with van der Waals surface area (Å²) in [6, 6.07) is 0. The second kappa shape index (κ2) is 4.89. The highest BCUT2D eigenvalue weighted by molar-refractivity contribution is 4.89. The highest BCUT2D eigenvalue weighted by atomic mass is 15.1. The molecule has 2 saturated heterocycles. The molecule has 0 saturated carbocycles. The zero-order valence-corrected chi connectivity index (χ0v) is 12.2. The molecule has 2 heteroatoms. The smallest absolute Gasteiger partial charge is 0.00481 e. The first-order valence-corrected chi connectivity index (χ1v) is 7.32. The average Bonchev–Trinajstić information content (AvgIpc) is 2.64. The fraction of sp³-hybridized carbons (Fsp3) is 1.00. The van der Waals surface area contributed by atoms with Gasteiger partial charge in [0.05, 0.1) is 0 Å². The first-order chi connectivity index (χ1) is 7.89. The predicted molar refractivity (Wildman–Crippen MR) is 74.2 cm³/mol. The van der Waals surface area contributed by atoms with E-state index in [0.29, 0.717) is 10.8 Å². The minimum atomic E-state index is 0.480. The van der Waals surface area contributed by atoms with Crippen LogP contribution in [0.15, 0.2) is 0 Å². The van der Waals surface area contributed by atoms with Crippen LogP contribution in [0.5, 0.6) is 0 Å². The quantitative estimate of drug-likeness (QED) is 0.796. The van der Waals surface area contributed by atoms with E-state index in [4.69, 9.17) is 0 Å². The third kappa shape index (κ3) is 3.45. The SMILES string of the molecule is CC1(CN2CCCC(C(C)(C)C)C2)CCNC1. The Bertz CT molecular complexity index is 248. The van der Waals surface area contributed by atoms with Crippen molar-refractivity contribution in [3.63, 3.8) is 0 Å². The summed E-state index contributed by atoms with van der Waals surface area (Å²) in [5.74, 6) is 0.884. The number of nitrogens with zero attached hydrogens (tertiary/aromatic N) is 1. The van der Waals surface area contributed by atoms with Crippen LogP contribution in [0.4, 0.5) is 0 Å². The van der Waals surface area contributed by atoms with Gasteiger partial charge in [-0.25, -0.2) is 0 Å². The van der Waals surface area contributed by atoms with Crippen molar-refractivity contribution in [3.8, 4) is 0 Å². The molecular weight excluding hydrogens is 208 g/mol. The Morgan fingerprint density at radius 2 is 2.12 bits per heavy atom. The zero-order valence-electron chi connectivity index (χ0n) is 12.2. The van der Waals surface area contributed by atoms with Gasteiger partial charge >= 0.3 is 0 Å². The molecule has 2 nitrogen and oxygen atoms in total. The fourth-order valence-electron chi connectivity index (χ4n) is 3.45. The summed E-state index contributed by atoms with van der Waals surface area (Å²) in [5.41, 5.74) is 1.01. The van der Waals surface area contributed by atoms with Crippen LogP contribution < -0.4 is 5.32 Å². The van der Waals surface area contributed by atoms with Gasteiger partial charge in [0.1, 0.15) is 0 Å². The maximum Gasteiger partial charge on any atom is 0.00481 e. The standard InChI is InChI=1S/C15H30N2/c1-14(2,3)13-6-5-9-17(10-13)12-15(4)7-8-16-11-15/h13,16H,5-12H2,1-4H3. The molecule has 2 aliphatic heterocycles. The van der Waals surface area contributed by atoms with Gasteiger partial charge in [0.25, 0.3) is 0 Å². The van der Waals surface area contributed by atoms with Crippen molar-refractivity contribution in [1.82, 2.24) is 10.2 Å². The summed E-state index contributed by atoms with van der Waals surface area (Å²) >= 11 is 0. The molecular formula is C15H30N2. The Morgan fingerprint density at radius 1 is 1.35 bits per heavy atom. The van der Waals surface area contributed by atoms with Gasteiger partial charge in [0.15, 0.2) is 0 Å². The van der Waals surface area contributed by atoms with E-state index in [1.807, 2.05) is 0 Å². The van der Waals surface area contributed by atoms with Crippen LogP contribution in [0, 0.1) is 16.7 Å². The number of likely N-dealkylation sites (tertiary alicyclic amines) is 1. The van der Waals surface area contributed by atoms with E-state index in [0.717, 1.165) is 5.92 Å². The summed E-state index contributed by atoms with van der Waals surface area (Å²) in [6.07, 6.45) is 4.17. The van der Waals surface area contributed by atoms with Gasteiger partial charge in [0, 0.05) is 19.6 Å². The lowest BCUT2D eigenvalue weighted by atomic mass is 9.75. The van der Waals surface area contributed by atoms with Crippen LogP contribution >= 0.6 is 0 Å². The Kier molecular flexibility index (Phi) is 3.84. The average molecular weight is 238 g/mol. The second-order valence-corrected chi connectivity index (χ2v) is 7.68. The van der Waals surface area contributed by atoms with Gasteiger partial charge < -0.3 is 10.2 Å². The molecule has 0 bridgehead atoms. The third-order valence-electron chi connectivity index (χ3n) is 4.79. The van der Waals surface area contributed by atoms with Crippen LogP contribution in [0.3, 0.4) is 0 Å². The Balaban J connectivity index is 1.89. The van der Waals surface area contributed by atoms with Crippen molar-refractivity contribution < 1.29 is 0 Å². The summed E-state index contributed by atoms with van der Waals surface area (Å²) in [7, 11) is 0. The summed E-state index contributed by atoms with van der Waals surface area (Å²) < 4.78 is 0. The molecule has 1 N–H and O–H groups in total.